The smallest absolute Gasteiger partial charge is 0.0187 e. The number of nitrogens with zero attached hydrogens (tertiary/aromatic N) is 1. The fraction of sp³-hybridized carbons (Fsp3) is 0.875. The van der Waals surface area contributed by atoms with Gasteiger partial charge in [-0.05, 0) is 43.4 Å². The molecule has 0 aromatic carbocycles. The largest absolute Gasteiger partial charge is 0.659 e. The Morgan fingerprint density at radius 1 is 1.18 bits per heavy atom. The van der Waals surface area contributed by atoms with Gasteiger partial charge in [-0.3, -0.25) is 0 Å². The number of rotatable bonds is 2. The van der Waals surface area contributed by atoms with E-state index in [-0.39, 0.29) is 5.54 Å². The molecule has 2 saturated carbocycles. The normalized spacial score (nSPS) is 46.4. The van der Waals surface area contributed by atoms with Gasteiger partial charge in [-0.15, -0.1) is 5.54 Å². The summed E-state index contributed by atoms with van der Waals surface area (Å²) in [5.41, 5.74) is 2.09. The van der Waals surface area contributed by atoms with Crippen molar-refractivity contribution in [3.8, 4) is 0 Å². The van der Waals surface area contributed by atoms with E-state index < -0.39 is 0 Å². The van der Waals surface area contributed by atoms with Crippen LogP contribution in [0.1, 0.15) is 59.3 Å². The van der Waals surface area contributed by atoms with Crippen LogP contribution in [0.3, 0.4) is 0 Å². The van der Waals surface area contributed by atoms with E-state index in [1.54, 1.807) is 0 Å². The standard InChI is InChI=1S/C16H28N/c1-12(2)13-8-6-9-15(3)10-7-11-16(4,17-5)14(13)15/h13-14H,1,6-11H2,2-5H3/q-1/t13-,14-,15+,16-/m1/s1. The van der Waals surface area contributed by atoms with E-state index in [9.17, 15) is 0 Å². The third kappa shape index (κ3) is 2.07. The highest BCUT2D eigenvalue weighted by Crippen LogP contribution is 2.59. The summed E-state index contributed by atoms with van der Waals surface area (Å²) in [6.07, 6.45) is 8.13. The van der Waals surface area contributed by atoms with Crippen LogP contribution in [0.4, 0.5) is 0 Å². The molecule has 0 aromatic heterocycles. The van der Waals surface area contributed by atoms with E-state index in [4.69, 9.17) is 5.32 Å². The first kappa shape index (κ1) is 13.1. The minimum atomic E-state index is 0.192. The Bertz CT molecular complexity index is 293. The van der Waals surface area contributed by atoms with Crippen LogP contribution < -0.4 is 0 Å². The van der Waals surface area contributed by atoms with Crippen molar-refractivity contribution in [3.63, 3.8) is 0 Å². The van der Waals surface area contributed by atoms with Crippen molar-refractivity contribution in [2.24, 2.45) is 17.3 Å². The van der Waals surface area contributed by atoms with Gasteiger partial charge >= 0.3 is 0 Å². The first-order valence-electron chi connectivity index (χ1n) is 7.19. The van der Waals surface area contributed by atoms with Crippen LogP contribution in [0.25, 0.3) is 5.32 Å². The third-order valence-corrected chi connectivity index (χ3v) is 5.66. The molecule has 0 N–H and O–H groups in total. The predicted molar refractivity (Wildman–Crippen MR) is 75.3 cm³/mol. The Labute approximate surface area is 107 Å². The summed E-state index contributed by atoms with van der Waals surface area (Å²) in [5.74, 6) is 1.42. The van der Waals surface area contributed by atoms with Crippen molar-refractivity contribution in [2.45, 2.75) is 64.8 Å². The SMILES string of the molecule is C=C(C)[C@H]1CCC[C@@]2(C)CCC[C@@](C)([N-]C)[C@H]12. The lowest BCUT2D eigenvalue weighted by Crippen LogP contribution is -2.53. The molecular weight excluding hydrogens is 206 g/mol. The van der Waals surface area contributed by atoms with Gasteiger partial charge in [0.1, 0.15) is 0 Å². The van der Waals surface area contributed by atoms with Gasteiger partial charge in [-0.1, -0.05) is 45.3 Å². The first-order chi connectivity index (χ1) is 7.93. The summed E-state index contributed by atoms with van der Waals surface area (Å²) in [5, 5.41) is 4.80. The molecule has 0 unspecified atom stereocenters. The summed E-state index contributed by atoms with van der Waals surface area (Å²) < 4.78 is 0. The zero-order valence-corrected chi connectivity index (χ0v) is 12.1. The average molecular weight is 234 g/mol. The van der Waals surface area contributed by atoms with Crippen molar-refractivity contribution in [2.75, 3.05) is 7.05 Å². The predicted octanol–water partition coefficient (Wildman–Crippen LogP) is 4.93. The second kappa shape index (κ2) is 4.42. The van der Waals surface area contributed by atoms with Crippen LogP contribution in [-0.4, -0.2) is 12.6 Å². The van der Waals surface area contributed by atoms with Gasteiger partial charge < -0.3 is 5.32 Å². The van der Waals surface area contributed by atoms with Crippen molar-refractivity contribution in [1.82, 2.24) is 0 Å². The second-order valence-corrected chi connectivity index (χ2v) is 6.91. The van der Waals surface area contributed by atoms with Crippen LogP contribution in [-0.2, 0) is 0 Å². The second-order valence-electron chi connectivity index (χ2n) is 6.91. The summed E-state index contributed by atoms with van der Waals surface area (Å²) in [4.78, 5) is 0. The Hall–Kier alpha value is -0.300. The number of hydrogen-bond donors (Lipinski definition) is 0. The Kier molecular flexibility index (Phi) is 3.42. The summed E-state index contributed by atoms with van der Waals surface area (Å²) in [6, 6.07) is 0. The quantitative estimate of drug-likeness (QED) is 0.601. The zero-order valence-electron chi connectivity index (χ0n) is 12.1. The fourth-order valence-corrected chi connectivity index (χ4v) is 4.79. The van der Waals surface area contributed by atoms with Crippen LogP contribution in [0.15, 0.2) is 12.2 Å². The molecule has 0 bridgehead atoms. The van der Waals surface area contributed by atoms with Gasteiger partial charge in [0.25, 0.3) is 0 Å². The van der Waals surface area contributed by atoms with Crippen LogP contribution in [0.5, 0.6) is 0 Å². The maximum atomic E-state index is 4.80. The average Bonchev–Trinajstić information content (AvgIpc) is 2.27. The Balaban J connectivity index is 2.37. The molecule has 2 rings (SSSR count). The maximum absolute atomic E-state index is 4.80. The highest BCUT2D eigenvalue weighted by molar-refractivity contribution is 5.19. The highest BCUT2D eigenvalue weighted by atomic mass is 15.0. The van der Waals surface area contributed by atoms with E-state index >= 15 is 0 Å². The molecule has 17 heavy (non-hydrogen) atoms. The maximum Gasteiger partial charge on any atom is -0.0187 e. The lowest BCUT2D eigenvalue weighted by molar-refractivity contribution is -0.0121. The number of hydrogen-bond acceptors (Lipinski definition) is 0. The molecule has 0 heterocycles. The number of allylic oxidation sites excluding steroid dienone is 1. The molecule has 0 amide bonds. The molecule has 0 saturated heterocycles. The van der Waals surface area contributed by atoms with Gasteiger partial charge in [0.05, 0.1) is 0 Å². The summed E-state index contributed by atoms with van der Waals surface area (Å²) in [6.45, 7) is 11.4. The third-order valence-electron chi connectivity index (χ3n) is 5.66. The minimum Gasteiger partial charge on any atom is -0.659 e. The van der Waals surface area contributed by atoms with Crippen LogP contribution in [0.2, 0.25) is 0 Å². The van der Waals surface area contributed by atoms with Crippen LogP contribution >= 0.6 is 0 Å². The van der Waals surface area contributed by atoms with Gasteiger partial charge in [0.15, 0.2) is 0 Å². The fourth-order valence-electron chi connectivity index (χ4n) is 4.79. The van der Waals surface area contributed by atoms with E-state index in [1.165, 1.54) is 44.1 Å². The van der Waals surface area contributed by atoms with E-state index in [1.807, 2.05) is 7.05 Å². The van der Waals surface area contributed by atoms with Crippen molar-refractivity contribution in [3.05, 3.63) is 17.5 Å². The lowest BCUT2D eigenvalue weighted by atomic mass is 9.50. The molecule has 0 radical (unpaired) electrons. The van der Waals surface area contributed by atoms with Gasteiger partial charge in [-0.2, -0.15) is 7.05 Å². The monoisotopic (exact) mass is 234 g/mol. The summed E-state index contributed by atoms with van der Waals surface area (Å²) in [7, 11) is 2.02. The van der Waals surface area contributed by atoms with Gasteiger partial charge in [-0.25, -0.2) is 0 Å². The topological polar surface area (TPSA) is 14.1 Å². The molecule has 1 nitrogen and oxygen atoms in total. The molecule has 2 aliphatic rings. The molecular formula is C16H28N-. The Morgan fingerprint density at radius 3 is 2.41 bits per heavy atom. The van der Waals surface area contributed by atoms with Crippen molar-refractivity contribution in [1.29, 1.82) is 0 Å². The first-order valence-corrected chi connectivity index (χ1v) is 7.19. The Morgan fingerprint density at radius 2 is 1.82 bits per heavy atom. The molecule has 2 aliphatic carbocycles. The molecule has 0 spiro atoms. The lowest BCUT2D eigenvalue weighted by Gasteiger charge is -2.64. The molecule has 1 heteroatoms. The van der Waals surface area contributed by atoms with Crippen LogP contribution in [0, 0.1) is 17.3 Å². The zero-order chi connectivity index (χ0) is 12.7. The minimum absolute atomic E-state index is 0.192. The molecule has 0 aliphatic heterocycles. The molecule has 2 fully saturated rings. The van der Waals surface area contributed by atoms with Gasteiger partial charge in [0.2, 0.25) is 0 Å². The van der Waals surface area contributed by atoms with Gasteiger partial charge in [0, 0.05) is 0 Å². The molecule has 4 atom stereocenters. The van der Waals surface area contributed by atoms with Crippen molar-refractivity contribution >= 4 is 0 Å². The van der Waals surface area contributed by atoms with Crippen molar-refractivity contribution < 1.29 is 0 Å². The highest BCUT2D eigenvalue weighted by Gasteiger charge is 2.49. The molecule has 0 aromatic rings. The van der Waals surface area contributed by atoms with E-state index in [2.05, 4.69) is 27.4 Å². The summed E-state index contributed by atoms with van der Waals surface area (Å²) >= 11 is 0. The van der Waals surface area contributed by atoms with E-state index in [0.717, 1.165) is 5.92 Å². The number of fused-ring (bicyclic) bond motifs is 1. The van der Waals surface area contributed by atoms with E-state index in [0.29, 0.717) is 11.3 Å². The molecule has 98 valence electrons.